The van der Waals surface area contributed by atoms with Crippen molar-refractivity contribution in [1.82, 2.24) is 0 Å². The van der Waals surface area contributed by atoms with Crippen LogP contribution in [0.1, 0.15) is 16.7 Å². The van der Waals surface area contributed by atoms with E-state index in [-0.39, 0.29) is 0 Å². The van der Waals surface area contributed by atoms with E-state index in [0.717, 1.165) is 16.9 Å². The number of rotatable bonds is 4. The fourth-order valence-electron chi connectivity index (χ4n) is 1.81. The summed E-state index contributed by atoms with van der Waals surface area (Å²) in [4.78, 5) is 0. The molecule has 0 unspecified atom stereocenters. The summed E-state index contributed by atoms with van der Waals surface area (Å²) in [5.74, 6) is 1.44. The third-order valence-electron chi connectivity index (χ3n) is 2.87. The lowest BCUT2D eigenvalue weighted by molar-refractivity contribution is 0.304. The molecule has 3 nitrogen and oxygen atoms in total. The lowest BCUT2D eigenvalue weighted by atomic mass is 10.1. The van der Waals surface area contributed by atoms with Gasteiger partial charge in [0.25, 0.3) is 0 Å². The van der Waals surface area contributed by atoms with Gasteiger partial charge < -0.3 is 9.47 Å². The first kappa shape index (κ1) is 13.0. The third-order valence-corrected chi connectivity index (χ3v) is 2.87. The molecule has 0 radical (unpaired) electrons. The summed E-state index contributed by atoms with van der Waals surface area (Å²) in [7, 11) is 1.56. The minimum absolute atomic E-state index is 0.434. The highest BCUT2D eigenvalue weighted by Crippen LogP contribution is 2.21. The van der Waals surface area contributed by atoms with Crippen LogP contribution < -0.4 is 9.47 Å². The zero-order valence-electron chi connectivity index (χ0n) is 11.0. The van der Waals surface area contributed by atoms with Gasteiger partial charge in [0, 0.05) is 0 Å². The maximum atomic E-state index is 9.03. The Morgan fingerprint density at radius 3 is 2.58 bits per heavy atom. The van der Waals surface area contributed by atoms with Crippen LogP contribution in [0.2, 0.25) is 0 Å². The van der Waals surface area contributed by atoms with Crippen molar-refractivity contribution in [3.63, 3.8) is 0 Å². The first-order chi connectivity index (χ1) is 9.24. The van der Waals surface area contributed by atoms with Crippen molar-refractivity contribution >= 4 is 0 Å². The second kappa shape index (κ2) is 5.92. The molecule has 0 spiro atoms. The van der Waals surface area contributed by atoms with Crippen LogP contribution in [0.5, 0.6) is 11.5 Å². The fourth-order valence-corrected chi connectivity index (χ4v) is 1.81. The van der Waals surface area contributed by atoms with Gasteiger partial charge >= 0.3 is 0 Å². The second-order valence-corrected chi connectivity index (χ2v) is 4.20. The van der Waals surface area contributed by atoms with Gasteiger partial charge in [0.05, 0.1) is 12.7 Å². The van der Waals surface area contributed by atoms with E-state index < -0.39 is 0 Å². The monoisotopic (exact) mass is 253 g/mol. The molecule has 0 saturated carbocycles. The number of nitrogens with zero attached hydrogens (tertiary/aromatic N) is 1. The molecule has 0 aromatic heterocycles. The van der Waals surface area contributed by atoms with Gasteiger partial charge in [0.15, 0.2) is 0 Å². The highest BCUT2D eigenvalue weighted by atomic mass is 16.5. The maximum Gasteiger partial charge on any atom is 0.136 e. The Hall–Kier alpha value is -2.47. The van der Waals surface area contributed by atoms with E-state index in [2.05, 4.69) is 6.07 Å². The number of para-hydroxylation sites is 1. The van der Waals surface area contributed by atoms with Crippen molar-refractivity contribution in [2.45, 2.75) is 13.5 Å². The van der Waals surface area contributed by atoms with Gasteiger partial charge in [-0.15, -0.1) is 0 Å². The van der Waals surface area contributed by atoms with E-state index in [1.54, 1.807) is 19.2 Å². The molecule has 2 aromatic carbocycles. The molecule has 0 bridgehead atoms. The Bertz CT molecular complexity index is 614. The first-order valence-corrected chi connectivity index (χ1v) is 6.00. The average molecular weight is 253 g/mol. The number of nitriles is 1. The molecule has 0 amide bonds. The highest BCUT2D eigenvalue weighted by molar-refractivity contribution is 5.45. The van der Waals surface area contributed by atoms with Crippen LogP contribution in [0.15, 0.2) is 42.5 Å². The Labute approximate surface area is 113 Å². The summed E-state index contributed by atoms with van der Waals surface area (Å²) in [6.07, 6.45) is 0. The third kappa shape index (κ3) is 3.05. The Morgan fingerprint density at radius 1 is 1.11 bits per heavy atom. The average Bonchev–Trinajstić information content (AvgIpc) is 2.46. The number of ether oxygens (including phenoxy) is 2. The molecule has 0 atom stereocenters. The number of methoxy groups -OCH3 is 1. The van der Waals surface area contributed by atoms with Crippen molar-refractivity contribution in [3.8, 4) is 17.6 Å². The Balaban J connectivity index is 2.13. The van der Waals surface area contributed by atoms with E-state index in [4.69, 9.17) is 14.7 Å². The SMILES string of the molecule is COc1ccc(COc2ccccc2C)cc1C#N. The summed E-state index contributed by atoms with van der Waals surface area (Å²) in [6, 6.07) is 15.4. The number of aryl methyl sites for hydroxylation is 1. The van der Waals surface area contributed by atoms with Gasteiger partial charge in [-0.05, 0) is 36.2 Å². The summed E-state index contributed by atoms with van der Waals surface area (Å²) in [6.45, 7) is 2.44. The van der Waals surface area contributed by atoms with Crippen LogP contribution in [0.3, 0.4) is 0 Å². The van der Waals surface area contributed by atoms with Crippen LogP contribution in [0.25, 0.3) is 0 Å². The normalized spacial score (nSPS) is 9.74. The van der Waals surface area contributed by atoms with Crippen LogP contribution in [-0.2, 0) is 6.61 Å². The predicted octanol–water partition coefficient (Wildman–Crippen LogP) is 3.45. The molecule has 0 fully saturated rings. The Morgan fingerprint density at radius 2 is 1.89 bits per heavy atom. The number of hydrogen-bond acceptors (Lipinski definition) is 3. The molecule has 96 valence electrons. The van der Waals surface area contributed by atoms with Crippen molar-refractivity contribution in [3.05, 3.63) is 59.2 Å². The predicted molar refractivity (Wildman–Crippen MR) is 73.2 cm³/mol. The summed E-state index contributed by atoms with van der Waals surface area (Å²) in [5, 5.41) is 9.03. The lowest BCUT2D eigenvalue weighted by Gasteiger charge is -2.10. The fraction of sp³-hybridized carbons (Fsp3) is 0.188. The molecule has 19 heavy (non-hydrogen) atoms. The van der Waals surface area contributed by atoms with E-state index in [9.17, 15) is 0 Å². The van der Waals surface area contributed by atoms with Gasteiger partial charge in [-0.3, -0.25) is 0 Å². The van der Waals surface area contributed by atoms with Crippen molar-refractivity contribution in [2.75, 3.05) is 7.11 Å². The van der Waals surface area contributed by atoms with E-state index >= 15 is 0 Å². The maximum absolute atomic E-state index is 9.03. The zero-order chi connectivity index (χ0) is 13.7. The standard InChI is InChI=1S/C16H15NO2/c1-12-5-3-4-6-15(12)19-11-13-7-8-16(18-2)14(9-13)10-17/h3-9H,11H2,1-2H3. The smallest absolute Gasteiger partial charge is 0.136 e. The molecule has 0 aliphatic rings. The molecule has 3 heteroatoms. The first-order valence-electron chi connectivity index (χ1n) is 6.00. The number of hydrogen-bond donors (Lipinski definition) is 0. The van der Waals surface area contributed by atoms with Crippen LogP contribution in [-0.4, -0.2) is 7.11 Å². The van der Waals surface area contributed by atoms with Gasteiger partial charge in [0.2, 0.25) is 0 Å². The molecule has 0 N–H and O–H groups in total. The quantitative estimate of drug-likeness (QED) is 0.838. The summed E-state index contributed by atoms with van der Waals surface area (Å²) < 4.78 is 10.9. The Kier molecular flexibility index (Phi) is 4.04. The van der Waals surface area contributed by atoms with Gasteiger partial charge in [-0.25, -0.2) is 0 Å². The minimum atomic E-state index is 0.434. The van der Waals surface area contributed by atoms with Gasteiger partial charge in [-0.1, -0.05) is 24.3 Å². The van der Waals surface area contributed by atoms with Crippen LogP contribution in [0, 0.1) is 18.3 Å². The van der Waals surface area contributed by atoms with Crippen LogP contribution in [0.4, 0.5) is 0 Å². The van der Waals surface area contributed by atoms with E-state index in [0.29, 0.717) is 17.9 Å². The molecular weight excluding hydrogens is 238 g/mol. The summed E-state index contributed by atoms with van der Waals surface area (Å²) >= 11 is 0. The van der Waals surface area contributed by atoms with Gasteiger partial charge in [0.1, 0.15) is 24.2 Å². The zero-order valence-corrected chi connectivity index (χ0v) is 11.0. The van der Waals surface area contributed by atoms with Crippen molar-refractivity contribution < 1.29 is 9.47 Å². The molecule has 0 saturated heterocycles. The lowest BCUT2D eigenvalue weighted by Crippen LogP contribution is -1.98. The van der Waals surface area contributed by atoms with Crippen molar-refractivity contribution in [1.29, 1.82) is 5.26 Å². The van der Waals surface area contributed by atoms with Crippen molar-refractivity contribution in [2.24, 2.45) is 0 Å². The molecule has 0 aliphatic heterocycles. The second-order valence-electron chi connectivity index (χ2n) is 4.20. The van der Waals surface area contributed by atoms with Gasteiger partial charge in [-0.2, -0.15) is 5.26 Å². The minimum Gasteiger partial charge on any atom is -0.495 e. The van der Waals surface area contributed by atoms with E-state index in [1.165, 1.54) is 0 Å². The molecule has 0 aliphatic carbocycles. The summed E-state index contributed by atoms with van der Waals surface area (Å²) in [5.41, 5.74) is 2.56. The van der Waals surface area contributed by atoms with E-state index in [1.807, 2.05) is 37.3 Å². The molecule has 0 heterocycles. The molecule has 2 aromatic rings. The topological polar surface area (TPSA) is 42.2 Å². The van der Waals surface area contributed by atoms with Crippen LogP contribution >= 0.6 is 0 Å². The molecule has 2 rings (SSSR count). The molecular formula is C16H15NO2. The highest BCUT2D eigenvalue weighted by Gasteiger charge is 2.05. The largest absolute Gasteiger partial charge is 0.495 e. The number of benzene rings is 2.